The molecule has 0 saturated carbocycles. The minimum Gasteiger partial charge on any atom is -0.494 e. The van der Waals surface area contributed by atoms with Gasteiger partial charge in [0.1, 0.15) is 5.75 Å². The van der Waals surface area contributed by atoms with Gasteiger partial charge in [-0.25, -0.2) is 4.98 Å². The van der Waals surface area contributed by atoms with Crippen molar-refractivity contribution in [3.63, 3.8) is 0 Å². The second kappa shape index (κ2) is 8.86. The number of rotatable bonds is 6. The van der Waals surface area contributed by atoms with Gasteiger partial charge in [-0.15, -0.1) is 0 Å². The predicted molar refractivity (Wildman–Crippen MR) is 116 cm³/mol. The van der Waals surface area contributed by atoms with Crippen LogP contribution < -0.4 is 4.74 Å². The molecule has 0 radical (unpaired) electrons. The Hall–Kier alpha value is -2.89. The van der Waals surface area contributed by atoms with Gasteiger partial charge in [0.2, 0.25) is 0 Å². The normalized spacial score (nSPS) is 15.0. The van der Waals surface area contributed by atoms with Gasteiger partial charge in [0.15, 0.2) is 0 Å². The van der Waals surface area contributed by atoms with Gasteiger partial charge in [-0.1, -0.05) is 17.3 Å². The van der Waals surface area contributed by atoms with E-state index in [0.717, 1.165) is 55.6 Å². The van der Waals surface area contributed by atoms with Crippen molar-refractivity contribution in [2.75, 3.05) is 19.7 Å². The summed E-state index contributed by atoms with van der Waals surface area (Å²) in [5.41, 5.74) is 3.93. The summed E-state index contributed by atoms with van der Waals surface area (Å²) < 4.78 is 10.8. The zero-order valence-electron chi connectivity index (χ0n) is 18.0. The highest BCUT2D eigenvalue weighted by Crippen LogP contribution is 2.27. The van der Waals surface area contributed by atoms with Crippen LogP contribution in [0, 0.1) is 19.8 Å². The Kier molecular flexibility index (Phi) is 6.02. The molecule has 6 heteroatoms. The molecule has 0 N–H and O–H groups in total. The van der Waals surface area contributed by atoms with Gasteiger partial charge in [-0.05, 0) is 76.1 Å². The van der Waals surface area contributed by atoms with Crippen molar-refractivity contribution in [1.29, 1.82) is 0 Å². The molecule has 0 unspecified atom stereocenters. The van der Waals surface area contributed by atoms with E-state index in [4.69, 9.17) is 9.26 Å². The molecular formula is C24H29N3O3. The number of carbonyl (C=O) groups excluding carboxylic acids is 1. The quantitative estimate of drug-likeness (QED) is 0.591. The topological polar surface area (TPSA) is 68.5 Å². The van der Waals surface area contributed by atoms with E-state index in [9.17, 15) is 4.79 Å². The van der Waals surface area contributed by atoms with Gasteiger partial charge in [-0.3, -0.25) is 4.79 Å². The number of likely N-dealkylation sites (tertiary alicyclic amines) is 1. The van der Waals surface area contributed by atoms with Crippen LogP contribution in [0.5, 0.6) is 5.75 Å². The molecule has 1 fully saturated rings. The van der Waals surface area contributed by atoms with Crippen molar-refractivity contribution in [3.05, 3.63) is 52.8 Å². The summed E-state index contributed by atoms with van der Waals surface area (Å²) in [5.74, 6) is 1.63. The van der Waals surface area contributed by atoms with Crippen LogP contribution >= 0.6 is 0 Å². The second-order valence-electron chi connectivity index (χ2n) is 8.11. The number of pyridine rings is 1. The average molecular weight is 408 g/mol. The summed E-state index contributed by atoms with van der Waals surface area (Å²) in [5, 5.41) is 4.73. The lowest BCUT2D eigenvalue weighted by Gasteiger charge is -2.32. The van der Waals surface area contributed by atoms with E-state index >= 15 is 0 Å². The maximum absolute atomic E-state index is 13.2. The standard InChI is InChI=1S/C24H29N3O3/c1-4-29-20-9-7-18(8-10-20)5-6-19-11-13-27(14-12-19)24(28)21-15-16(2)25-23-22(21)17(3)26-30-23/h7-10,15,19H,4-6,11-14H2,1-3H3. The molecule has 3 heterocycles. The fourth-order valence-corrected chi connectivity index (χ4v) is 4.27. The van der Waals surface area contributed by atoms with Crippen LogP contribution in [0.25, 0.3) is 11.1 Å². The smallest absolute Gasteiger partial charge is 0.258 e. The molecule has 4 rings (SSSR count). The molecular weight excluding hydrogens is 378 g/mol. The van der Waals surface area contributed by atoms with Crippen molar-refractivity contribution in [1.82, 2.24) is 15.0 Å². The number of fused-ring (bicyclic) bond motifs is 1. The first-order valence-electron chi connectivity index (χ1n) is 10.8. The summed E-state index contributed by atoms with van der Waals surface area (Å²) in [6, 6.07) is 10.3. The molecule has 30 heavy (non-hydrogen) atoms. The van der Waals surface area contributed by atoms with E-state index in [-0.39, 0.29) is 5.91 Å². The number of ether oxygens (including phenoxy) is 1. The molecule has 1 saturated heterocycles. The van der Waals surface area contributed by atoms with E-state index in [1.54, 1.807) is 0 Å². The molecule has 158 valence electrons. The highest BCUT2D eigenvalue weighted by Gasteiger charge is 2.26. The van der Waals surface area contributed by atoms with Crippen LogP contribution in [-0.4, -0.2) is 40.6 Å². The van der Waals surface area contributed by atoms with Crippen LogP contribution in [-0.2, 0) is 6.42 Å². The monoisotopic (exact) mass is 407 g/mol. The first-order valence-corrected chi connectivity index (χ1v) is 10.8. The SMILES string of the molecule is CCOc1ccc(CCC2CCN(C(=O)c3cc(C)nc4onc(C)c34)CC2)cc1. The van der Waals surface area contributed by atoms with Gasteiger partial charge >= 0.3 is 0 Å². The number of nitrogens with zero attached hydrogens (tertiary/aromatic N) is 3. The molecule has 6 nitrogen and oxygen atoms in total. The molecule has 2 aromatic heterocycles. The van der Waals surface area contributed by atoms with Crippen LogP contribution in [0.2, 0.25) is 0 Å². The van der Waals surface area contributed by atoms with Gasteiger partial charge in [0.25, 0.3) is 11.6 Å². The van der Waals surface area contributed by atoms with E-state index in [0.29, 0.717) is 29.5 Å². The van der Waals surface area contributed by atoms with E-state index in [1.165, 1.54) is 5.56 Å². The molecule has 1 aromatic carbocycles. The first kappa shape index (κ1) is 20.4. The number of aryl methyl sites for hydroxylation is 3. The minimum atomic E-state index is 0.0572. The van der Waals surface area contributed by atoms with Crippen LogP contribution in [0.15, 0.2) is 34.9 Å². The average Bonchev–Trinajstić information content (AvgIpc) is 3.13. The fourth-order valence-electron chi connectivity index (χ4n) is 4.27. The molecule has 1 aliphatic heterocycles. The maximum atomic E-state index is 13.2. The van der Waals surface area contributed by atoms with Crippen LogP contribution in [0.3, 0.4) is 0 Å². The Balaban J connectivity index is 1.34. The Bertz CT molecular complexity index is 1020. The van der Waals surface area contributed by atoms with Crippen LogP contribution in [0.1, 0.15) is 53.5 Å². The Morgan fingerprint density at radius 1 is 1.20 bits per heavy atom. The zero-order valence-corrected chi connectivity index (χ0v) is 18.0. The molecule has 0 bridgehead atoms. The van der Waals surface area contributed by atoms with E-state index in [2.05, 4.69) is 22.3 Å². The molecule has 1 amide bonds. The van der Waals surface area contributed by atoms with Crippen molar-refractivity contribution < 1.29 is 14.1 Å². The summed E-state index contributed by atoms with van der Waals surface area (Å²) in [6.45, 7) is 8.00. The van der Waals surface area contributed by atoms with Crippen molar-refractivity contribution in [2.24, 2.45) is 5.92 Å². The lowest BCUT2D eigenvalue weighted by molar-refractivity contribution is 0.0688. The Morgan fingerprint density at radius 2 is 1.93 bits per heavy atom. The third-order valence-corrected chi connectivity index (χ3v) is 5.95. The van der Waals surface area contributed by atoms with Gasteiger partial charge < -0.3 is 14.2 Å². The number of hydrogen-bond acceptors (Lipinski definition) is 5. The molecule has 1 aliphatic rings. The van der Waals surface area contributed by atoms with Crippen molar-refractivity contribution in [3.8, 4) is 5.75 Å². The minimum absolute atomic E-state index is 0.0572. The zero-order chi connectivity index (χ0) is 21.1. The third kappa shape index (κ3) is 4.32. The highest BCUT2D eigenvalue weighted by atomic mass is 16.5. The predicted octanol–water partition coefficient (Wildman–Crippen LogP) is 4.72. The number of hydrogen-bond donors (Lipinski definition) is 0. The number of aromatic nitrogens is 2. The summed E-state index contributed by atoms with van der Waals surface area (Å²) in [6.07, 6.45) is 4.30. The van der Waals surface area contributed by atoms with Gasteiger partial charge in [-0.2, -0.15) is 0 Å². The summed E-state index contributed by atoms with van der Waals surface area (Å²) in [4.78, 5) is 19.5. The van der Waals surface area contributed by atoms with E-state index in [1.807, 2.05) is 43.9 Å². The Morgan fingerprint density at radius 3 is 2.63 bits per heavy atom. The number of carbonyl (C=O) groups is 1. The fraction of sp³-hybridized carbons (Fsp3) is 0.458. The van der Waals surface area contributed by atoms with E-state index < -0.39 is 0 Å². The second-order valence-corrected chi connectivity index (χ2v) is 8.11. The lowest BCUT2D eigenvalue weighted by atomic mass is 9.90. The lowest BCUT2D eigenvalue weighted by Crippen LogP contribution is -2.38. The number of amides is 1. The third-order valence-electron chi connectivity index (χ3n) is 5.95. The Labute approximate surface area is 177 Å². The number of piperidine rings is 1. The van der Waals surface area contributed by atoms with Crippen LogP contribution in [0.4, 0.5) is 0 Å². The molecule has 0 atom stereocenters. The van der Waals surface area contributed by atoms with Gasteiger partial charge in [0, 0.05) is 18.8 Å². The molecule has 0 spiro atoms. The summed E-state index contributed by atoms with van der Waals surface area (Å²) >= 11 is 0. The maximum Gasteiger partial charge on any atom is 0.258 e. The molecule has 3 aromatic rings. The van der Waals surface area contributed by atoms with Crippen molar-refractivity contribution >= 4 is 17.0 Å². The molecule has 0 aliphatic carbocycles. The summed E-state index contributed by atoms with van der Waals surface area (Å²) in [7, 11) is 0. The number of benzene rings is 1. The van der Waals surface area contributed by atoms with Crippen molar-refractivity contribution in [2.45, 2.75) is 46.5 Å². The highest BCUT2D eigenvalue weighted by molar-refractivity contribution is 6.06. The largest absolute Gasteiger partial charge is 0.494 e. The first-order chi connectivity index (χ1) is 14.5. The van der Waals surface area contributed by atoms with Gasteiger partial charge in [0.05, 0.1) is 23.3 Å².